The van der Waals surface area contributed by atoms with Crippen molar-refractivity contribution in [2.24, 2.45) is 0 Å². The van der Waals surface area contributed by atoms with E-state index in [1.807, 2.05) is 79.7 Å². The molecule has 0 aliphatic heterocycles. The first-order valence-electron chi connectivity index (χ1n) is 9.20. The first-order valence-corrected chi connectivity index (χ1v) is 9.61. The van der Waals surface area contributed by atoms with E-state index in [1.54, 1.807) is 6.07 Å². The minimum atomic E-state index is -0.253. The standard InChI is InChI=1S/C23H22N2O3S/c1-17-7-5-8-18(15-17)22(26)25-23(29)24-19-9-6-12-21(16-19)28-14-13-27-20-10-3-2-4-11-20/h2-12,15-16H,13-14H2,1H3,(H2,24,25,26,29). The van der Waals surface area contributed by atoms with E-state index in [0.717, 1.165) is 17.0 Å². The highest BCUT2D eigenvalue weighted by molar-refractivity contribution is 7.80. The number of carbonyl (C=O) groups excluding carboxylic acids is 1. The number of anilines is 1. The zero-order valence-electron chi connectivity index (χ0n) is 16.1. The molecule has 6 heteroatoms. The van der Waals surface area contributed by atoms with Gasteiger partial charge in [-0.2, -0.15) is 0 Å². The highest BCUT2D eigenvalue weighted by atomic mass is 32.1. The molecule has 0 aliphatic carbocycles. The molecule has 0 spiro atoms. The quantitative estimate of drug-likeness (QED) is 0.444. The number of ether oxygens (including phenoxy) is 2. The second kappa shape index (κ2) is 10.2. The molecule has 148 valence electrons. The van der Waals surface area contributed by atoms with Gasteiger partial charge in [0, 0.05) is 17.3 Å². The summed E-state index contributed by atoms with van der Waals surface area (Å²) in [5, 5.41) is 5.91. The van der Waals surface area contributed by atoms with Gasteiger partial charge in [0.1, 0.15) is 24.7 Å². The monoisotopic (exact) mass is 406 g/mol. The molecular weight excluding hydrogens is 384 g/mol. The predicted molar refractivity (Wildman–Crippen MR) is 119 cm³/mol. The van der Waals surface area contributed by atoms with Gasteiger partial charge in [-0.1, -0.05) is 42.0 Å². The summed E-state index contributed by atoms with van der Waals surface area (Å²) in [7, 11) is 0. The van der Waals surface area contributed by atoms with Gasteiger partial charge in [-0.3, -0.25) is 10.1 Å². The first-order chi connectivity index (χ1) is 14.1. The van der Waals surface area contributed by atoms with E-state index in [0.29, 0.717) is 24.5 Å². The second-order valence-corrected chi connectivity index (χ2v) is 6.72. The number of thiocarbonyl (C=S) groups is 1. The topological polar surface area (TPSA) is 59.6 Å². The summed E-state index contributed by atoms with van der Waals surface area (Å²) < 4.78 is 11.3. The zero-order chi connectivity index (χ0) is 20.5. The van der Waals surface area contributed by atoms with E-state index in [1.165, 1.54) is 0 Å². The summed E-state index contributed by atoms with van der Waals surface area (Å²) in [6, 6.07) is 24.3. The smallest absolute Gasteiger partial charge is 0.257 e. The molecule has 0 heterocycles. The lowest BCUT2D eigenvalue weighted by Gasteiger charge is -2.12. The largest absolute Gasteiger partial charge is 0.490 e. The van der Waals surface area contributed by atoms with Gasteiger partial charge in [0.15, 0.2) is 5.11 Å². The average Bonchev–Trinajstić information content (AvgIpc) is 2.72. The average molecular weight is 407 g/mol. The van der Waals surface area contributed by atoms with E-state index >= 15 is 0 Å². The summed E-state index contributed by atoms with van der Waals surface area (Å²) >= 11 is 5.24. The Balaban J connectivity index is 1.47. The Hall–Kier alpha value is -3.38. The first kappa shape index (κ1) is 20.4. The lowest BCUT2D eigenvalue weighted by atomic mass is 10.1. The third-order valence-electron chi connectivity index (χ3n) is 3.96. The Morgan fingerprint density at radius 2 is 1.55 bits per heavy atom. The van der Waals surface area contributed by atoms with E-state index in [9.17, 15) is 4.79 Å². The molecule has 0 radical (unpaired) electrons. The van der Waals surface area contributed by atoms with Crippen molar-refractivity contribution >= 4 is 28.9 Å². The fraction of sp³-hybridized carbons (Fsp3) is 0.130. The molecule has 0 aromatic heterocycles. The van der Waals surface area contributed by atoms with Crippen LogP contribution in [0.5, 0.6) is 11.5 Å². The molecule has 5 nitrogen and oxygen atoms in total. The molecule has 0 saturated carbocycles. The van der Waals surface area contributed by atoms with Crippen LogP contribution in [-0.4, -0.2) is 24.2 Å². The summed E-state index contributed by atoms with van der Waals surface area (Å²) in [4.78, 5) is 12.3. The number of benzene rings is 3. The number of hydrogen-bond donors (Lipinski definition) is 2. The van der Waals surface area contributed by atoms with Gasteiger partial charge in [-0.05, 0) is 55.5 Å². The number of aryl methyl sites for hydroxylation is 1. The number of amides is 1. The molecule has 0 aliphatic rings. The van der Waals surface area contributed by atoms with Crippen LogP contribution in [0.2, 0.25) is 0 Å². The summed E-state index contributed by atoms with van der Waals surface area (Å²) in [5.74, 6) is 1.23. The van der Waals surface area contributed by atoms with Gasteiger partial charge in [0.2, 0.25) is 0 Å². The molecule has 29 heavy (non-hydrogen) atoms. The van der Waals surface area contributed by atoms with Gasteiger partial charge in [0.05, 0.1) is 0 Å². The number of rotatable bonds is 7. The molecule has 0 unspecified atom stereocenters. The minimum Gasteiger partial charge on any atom is -0.490 e. The molecule has 0 fully saturated rings. The normalized spacial score (nSPS) is 10.1. The molecule has 0 atom stereocenters. The Bertz CT molecular complexity index is 977. The number of hydrogen-bond acceptors (Lipinski definition) is 4. The van der Waals surface area contributed by atoms with Crippen LogP contribution >= 0.6 is 12.2 Å². The van der Waals surface area contributed by atoms with Crippen molar-refractivity contribution < 1.29 is 14.3 Å². The van der Waals surface area contributed by atoms with Crippen molar-refractivity contribution in [2.75, 3.05) is 18.5 Å². The minimum absolute atomic E-state index is 0.223. The van der Waals surface area contributed by atoms with Crippen LogP contribution in [-0.2, 0) is 0 Å². The van der Waals surface area contributed by atoms with Crippen molar-refractivity contribution in [3.05, 3.63) is 90.0 Å². The Morgan fingerprint density at radius 3 is 2.31 bits per heavy atom. The maximum absolute atomic E-state index is 12.3. The third kappa shape index (κ3) is 6.62. The fourth-order valence-corrected chi connectivity index (χ4v) is 2.83. The van der Waals surface area contributed by atoms with Crippen LogP contribution in [0.3, 0.4) is 0 Å². The van der Waals surface area contributed by atoms with Crippen LogP contribution in [0.4, 0.5) is 5.69 Å². The van der Waals surface area contributed by atoms with Crippen molar-refractivity contribution in [2.45, 2.75) is 6.92 Å². The van der Waals surface area contributed by atoms with Gasteiger partial charge < -0.3 is 14.8 Å². The van der Waals surface area contributed by atoms with Crippen LogP contribution in [0, 0.1) is 6.92 Å². The van der Waals surface area contributed by atoms with Gasteiger partial charge in [-0.25, -0.2) is 0 Å². The van der Waals surface area contributed by atoms with Crippen LogP contribution < -0.4 is 20.1 Å². The molecule has 1 amide bonds. The van der Waals surface area contributed by atoms with E-state index in [4.69, 9.17) is 21.7 Å². The Labute approximate surface area is 175 Å². The number of para-hydroxylation sites is 1. The van der Waals surface area contributed by atoms with E-state index in [2.05, 4.69) is 10.6 Å². The van der Waals surface area contributed by atoms with Crippen LogP contribution in [0.15, 0.2) is 78.9 Å². The maximum Gasteiger partial charge on any atom is 0.257 e. The molecule has 3 aromatic rings. The fourth-order valence-electron chi connectivity index (χ4n) is 2.62. The Kier molecular flexibility index (Phi) is 7.19. The molecular formula is C23H22N2O3S. The Morgan fingerprint density at radius 1 is 0.862 bits per heavy atom. The van der Waals surface area contributed by atoms with Gasteiger partial charge in [-0.15, -0.1) is 0 Å². The molecule has 3 aromatic carbocycles. The number of nitrogens with one attached hydrogen (secondary N) is 2. The molecule has 2 N–H and O–H groups in total. The number of carbonyl (C=O) groups is 1. The van der Waals surface area contributed by atoms with E-state index in [-0.39, 0.29) is 11.0 Å². The zero-order valence-corrected chi connectivity index (χ0v) is 16.9. The molecule has 0 bridgehead atoms. The van der Waals surface area contributed by atoms with Gasteiger partial charge >= 0.3 is 0 Å². The van der Waals surface area contributed by atoms with Crippen molar-refractivity contribution in [3.8, 4) is 11.5 Å². The summed E-state index contributed by atoms with van der Waals surface area (Å²) in [6.07, 6.45) is 0. The van der Waals surface area contributed by atoms with E-state index < -0.39 is 0 Å². The lowest BCUT2D eigenvalue weighted by Crippen LogP contribution is -2.34. The maximum atomic E-state index is 12.3. The van der Waals surface area contributed by atoms with Crippen LogP contribution in [0.1, 0.15) is 15.9 Å². The third-order valence-corrected chi connectivity index (χ3v) is 4.17. The second-order valence-electron chi connectivity index (χ2n) is 6.32. The molecule has 3 rings (SSSR count). The SMILES string of the molecule is Cc1cccc(C(=O)NC(=S)Nc2cccc(OCCOc3ccccc3)c2)c1. The van der Waals surface area contributed by atoms with Gasteiger partial charge in [0.25, 0.3) is 5.91 Å². The molecule has 0 saturated heterocycles. The van der Waals surface area contributed by atoms with Crippen LogP contribution in [0.25, 0.3) is 0 Å². The highest BCUT2D eigenvalue weighted by Crippen LogP contribution is 2.17. The highest BCUT2D eigenvalue weighted by Gasteiger charge is 2.08. The summed E-state index contributed by atoms with van der Waals surface area (Å²) in [5.41, 5.74) is 2.29. The van der Waals surface area contributed by atoms with Crippen molar-refractivity contribution in [1.29, 1.82) is 0 Å². The van der Waals surface area contributed by atoms with Crippen molar-refractivity contribution in [1.82, 2.24) is 5.32 Å². The summed E-state index contributed by atoms with van der Waals surface area (Å²) in [6.45, 7) is 2.78. The van der Waals surface area contributed by atoms with Crippen molar-refractivity contribution in [3.63, 3.8) is 0 Å². The predicted octanol–water partition coefficient (Wildman–Crippen LogP) is 4.58. The lowest BCUT2D eigenvalue weighted by molar-refractivity contribution is 0.0977.